The second-order valence-corrected chi connectivity index (χ2v) is 11.1. The van der Waals surface area contributed by atoms with Crippen molar-refractivity contribution < 1.29 is 34.0 Å². The predicted octanol–water partition coefficient (Wildman–Crippen LogP) is 4.44. The van der Waals surface area contributed by atoms with Crippen molar-refractivity contribution in [2.75, 3.05) is 20.3 Å². The topological polar surface area (TPSA) is 127 Å². The molecule has 0 fully saturated rings. The molecule has 1 aliphatic rings. The van der Waals surface area contributed by atoms with Gasteiger partial charge in [-0.1, -0.05) is 29.8 Å². The highest BCUT2D eigenvalue weighted by atomic mass is 16.5. The lowest BCUT2D eigenvalue weighted by atomic mass is 9.87. The molecular weight excluding hydrogens is 524 g/mol. The molecule has 0 spiro atoms. The van der Waals surface area contributed by atoms with E-state index in [2.05, 4.69) is 5.32 Å². The first kappa shape index (κ1) is 30.0. The summed E-state index contributed by atoms with van der Waals surface area (Å²) < 4.78 is 17.0. The van der Waals surface area contributed by atoms with Gasteiger partial charge in [-0.15, -0.1) is 0 Å². The van der Waals surface area contributed by atoms with Gasteiger partial charge in [-0.25, -0.2) is 4.98 Å². The van der Waals surface area contributed by atoms with Crippen LogP contribution in [0.4, 0.5) is 0 Å². The van der Waals surface area contributed by atoms with Crippen molar-refractivity contribution in [3.05, 3.63) is 70.9 Å². The summed E-state index contributed by atoms with van der Waals surface area (Å²) in [6.45, 7) is 8.90. The summed E-state index contributed by atoms with van der Waals surface area (Å²) in [5.74, 6) is 0.980. The first-order valence-corrected chi connectivity index (χ1v) is 13.6. The lowest BCUT2D eigenvalue weighted by molar-refractivity contribution is -0.120. The Kier molecular flexibility index (Phi) is 8.70. The van der Waals surface area contributed by atoms with Gasteiger partial charge in [0.25, 0.3) is 0 Å². The molecule has 4 rings (SSSR count). The van der Waals surface area contributed by atoms with Crippen LogP contribution in [0.2, 0.25) is 0 Å². The summed E-state index contributed by atoms with van der Waals surface area (Å²) in [4.78, 5) is 30.0. The Morgan fingerprint density at radius 1 is 1.17 bits per heavy atom. The van der Waals surface area contributed by atoms with Gasteiger partial charge in [0, 0.05) is 30.0 Å². The number of aromatic nitrogens is 1. The van der Waals surface area contributed by atoms with E-state index in [4.69, 9.17) is 19.2 Å². The van der Waals surface area contributed by atoms with E-state index in [1.807, 2.05) is 38.1 Å². The van der Waals surface area contributed by atoms with Crippen molar-refractivity contribution in [2.24, 2.45) is 0 Å². The fraction of sp³-hybridized carbons (Fsp3) is 0.406. The van der Waals surface area contributed by atoms with E-state index >= 15 is 0 Å². The molecule has 3 N–H and O–H groups in total. The van der Waals surface area contributed by atoms with Gasteiger partial charge in [0.15, 0.2) is 23.0 Å². The Bertz CT molecular complexity index is 1430. The van der Waals surface area contributed by atoms with Crippen LogP contribution in [0, 0.1) is 6.92 Å². The van der Waals surface area contributed by atoms with Crippen molar-refractivity contribution in [1.82, 2.24) is 10.3 Å². The molecule has 0 saturated heterocycles. The number of aryl methyl sites for hydroxylation is 1. The van der Waals surface area contributed by atoms with E-state index in [0.717, 1.165) is 16.7 Å². The molecule has 1 aliphatic heterocycles. The number of methoxy groups -OCH3 is 1. The molecule has 1 amide bonds. The van der Waals surface area contributed by atoms with E-state index in [-0.39, 0.29) is 37.7 Å². The molecule has 41 heavy (non-hydrogen) atoms. The number of aliphatic hydroxyl groups excluding tert-OH is 1. The van der Waals surface area contributed by atoms with E-state index in [1.165, 1.54) is 14.0 Å². The van der Waals surface area contributed by atoms with Crippen molar-refractivity contribution in [2.45, 2.75) is 64.7 Å². The highest BCUT2D eigenvalue weighted by Gasteiger charge is 2.41. The Morgan fingerprint density at radius 3 is 2.51 bits per heavy atom. The third kappa shape index (κ3) is 6.69. The zero-order valence-corrected chi connectivity index (χ0v) is 24.4. The lowest BCUT2D eigenvalue weighted by Gasteiger charge is -2.27. The molecule has 1 aromatic heterocycles. The van der Waals surface area contributed by atoms with Gasteiger partial charge in [-0.05, 0) is 58.4 Å². The molecule has 2 aromatic carbocycles. The molecule has 2 heterocycles. The number of fused-ring (bicyclic) bond motifs is 1. The maximum Gasteiger partial charge on any atom is 0.217 e. The van der Waals surface area contributed by atoms with Gasteiger partial charge in [-0.3, -0.25) is 9.59 Å². The van der Waals surface area contributed by atoms with E-state index in [0.29, 0.717) is 34.2 Å². The van der Waals surface area contributed by atoms with Crippen LogP contribution in [0.5, 0.6) is 17.2 Å². The number of nitrogens with one attached hydrogen (secondary N) is 1. The van der Waals surface area contributed by atoms with Crippen molar-refractivity contribution in [3.63, 3.8) is 0 Å². The SMILES string of the molecule is COc1cc(C(=O)CCC(C)(O)c2cc3c(c(-c4ccc(C)cc4)n2)OCC3(C)NC(C)=O)ccc1OCC(C)O. The van der Waals surface area contributed by atoms with Crippen LogP contribution >= 0.6 is 0 Å². The summed E-state index contributed by atoms with van der Waals surface area (Å²) >= 11 is 0. The highest BCUT2D eigenvalue weighted by molar-refractivity contribution is 5.96. The number of pyridine rings is 1. The van der Waals surface area contributed by atoms with Crippen LogP contribution in [0.15, 0.2) is 48.5 Å². The Hall–Kier alpha value is -3.95. The second-order valence-electron chi connectivity index (χ2n) is 11.1. The van der Waals surface area contributed by atoms with Crippen LogP contribution in [0.1, 0.15) is 67.7 Å². The largest absolute Gasteiger partial charge is 0.493 e. The third-order valence-electron chi connectivity index (χ3n) is 7.21. The van der Waals surface area contributed by atoms with Crippen LogP contribution in [0.3, 0.4) is 0 Å². The Balaban J connectivity index is 1.63. The molecule has 9 nitrogen and oxygen atoms in total. The molecule has 0 aliphatic carbocycles. The first-order chi connectivity index (χ1) is 19.3. The fourth-order valence-electron chi connectivity index (χ4n) is 4.86. The smallest absolute Gasteiger partial charge is 0.217 e. The normalized spacial score (nSPS) is 18.0. The number of amides is 1. The fourth-order valence-corrected chi connectivity index (χ4v) is 4.86. The molecule has 0 bridgehead atoms. The number of rotatable bonds is 11. The summed E-state index contributed by atoms with van der Waals surface area (Å²) in [6.07, 6.45) is -0.502. The van der Waals surface area contributed by atoms with Gasteiger partial charge in [0.2, 0.25) is 5.91 Å². The quantitative estimate of drug-likeness (QED) is 0.293. The molecule has 3 unspecified atom stereocenters. The number of hydrogen-bond acceptors (Lipinski definition) is 8. The molecule has 0 saturated carbocycles. The molecule has 0 radical (unpaired) electrons. The van der Waals surface area contributed by atoms with Crippen LogP contribution in [0.25, 0.3) is 11.3 Å². The molecule has 218 valence electrons. The Morgan fingerprint density at radius 2 is 1.88 bits per heavy atom. The minimum Gasteiger partial charge on any atom is -0.493 e. The number of carbonyl (C=O) groups excluding carboxylic acids is 2. The van der Waals surface area contributed by atoms with E-state index in [1.54, 1.807) is 38.1 Å². The lowest BCUT2D eigenvalue weighted by Crippen LogP contribution is -2.43. The second kappa shape index (κ2) is 11.9. The predicted molar refractivity (Wildman–Crippen MR) is 154 cm³/mol. The zero-order valence-electron chi connectivity index (χ0n) is 24.4. The first-order valence-electron chi connectivity index (χ1n) is 13.6. The van der Waals surface area contributed by atoms with Crippen molar-refractivity contribution in [3.8, 4) is 28.5 Å². The van der Waals surface area contributed by atoms with Gasteiger partial charge in [0.1, 0.15) is 30.0 Å². The number of carbonyl (C=O) groups is 2. The third-order valence-corrected chi connectivity index (χ3v) is 7.21. The number of ketones is 1. The number of hydrogen-bond donors (Lipinski definition) is 3. The number of ether oxygens (including phenoxy) is 3. The maximum absolute atomic E-state index is 13.2. The standard InChI is InChI=1S/C32H38N2O7/c1-19-7-9-22(10-8-19)29-30-24(31(4,18-41-30)34-21(3)36)16-28(33-29)32(5,38)14-13-25(37)23-11-12-26(27(15-23)39-6)40-17-20(2)35/h7-12,15-16,20,35,38H,13-14,17-18H2,1-6H3,(H,34,36). The van der Waals surface area contributed by atoms with E-state index < -0.39 is 17.2 Å². The summed E-state index contributed by atoms with van der Waals surface area (Å²) in [6, 6.07) is 14.5. The van der Waals surface area contributed by atoms with Gasteiger partial charge in [-0.2, -0.15) is 0 Å². The summed E-state index contributed by atoms with van der Waals surface area (Å²) in [7, 11) is 1.48. The van der Waals surface area contributed by atoms with Gasteiger partial charge in [0.05, 0.1) is 18.9 Å². The average molecular weight is 563 g/mol. The van der Waals surface area contributed by atoms with Crippen molar-refractivity contribution >= 4 is 11.7 Å². The minimum atomic E-state index is -1.46. The number of aliphatic hydroxyl groups is 2. The van der Waals surface area contributed by atoms with Gasteiger partial charge < -0.3 is 29.7 Å². The number of benzene rings is 2. The molecule has 3 atom stereocenters. The summed E-state index contributed by atoms with van der Waals surface area (Å²) in [5, 5.41) is 24.1. The summed E-state index contributed by atoms with van der Waals surface area (Å²) in [5.41, 5.74) is 1.71. The highest BCUT2D eigenvalue weighted by Crippen LogP contribution is 2.45. The van der Waals surface area contributed by atoms with Crippen LogP contribution in [-0.4, -0.2) is 53.3 Å². The number of nitrogens with zero attached hydrogens (tertiary/aromatic N) is 1. The Labute approximate surface area is 240 Å². The number of Topliss-reactive ketones (excluding diaryl/α,β-unsaturated/α-hetero) is 1. The zero-order chi connectivity index (χ0) is 29.9. The molecule has 3 aromatic rings. The molecular formula is C32H38N2O7. The van der Waals surface area contributed by atoms with E-state index in [9.17, 15) is 19.8 Å². The monoisotopic (exact) mass is 562 g/mol. The average Bonchev–Trinajstić information content (AvgIpc) is 3.25. The van der Waals surface area contributed by atoms with Gasteiger partial charge >= 0.3 is 0 Å². The van der Waals surface area contributed by atoms with Crippen molar-refractivity contribution in [1.29, 1.82) is 0 Å². The van der Waals surface area contributed by atoms with Crippen LogP contribution < -0.4 is 19.5 Å². The molecule has 9 heteroatoms. The maximum atomic E-state index is 13.2. The minimum absolute atomic E-state index is 0.0438. The van der Waals surface area contributed by atoms with Crippen LogP contribution in [-0.2, 0) is 15.9 Å².